The van der Waals surface area contributed by atoms with Crippen LogP contribution in [-0.4, -0.2) is 24.9 Å². The molecule has 7 aromatic rings. The molecule has 4 aromatic carbocycles. The first kappa shape index (κ1) is 35.8. The number of rotatable bonds is 4. The molecule has 0 spiro atoms. The number of hydrogen-bond acceptors (Lipinski definition) is 5. The molecule has 0 radical (unpaired) electrons. The Hall–Kier alpha value is -5.03. The summed E-state index contributed by atoms with van der Waals surface area (Å²) in [5, 5.41) is 2.32. The average Bonchev–Trinajstić information content (AvgIpc) is 3.12. The van der Waals surface area contributed by atoms with Crippen LogP contribution in [0.4, 0.5) is 0 Å². The molecule has 5 heteroatoms. The fraction of sp³-hybridized carbons (Fsp3) is 0.279. The van der Waals surface area contributed by atoms with Crippen LogP contribution in [0.2, 0.25) is 0 Å². The van der Waals surface area contributed by atoms with Gasteiger partial charge in [0.2, 0.25) is 0 Å². The van der Waals surface area contributed by atoms with Gasteiger partial charge in [-0.1, -0.05) is 140 Å². The second kappa shape index (κ2) is 17.8. The predicted molar refractivity (Wildman–Crippen MR) is 204 cm³/mol. The van der Waals surface area contributed by atoms with E-state index in [1.165, 1.54) is 16.6 Å². The van der Waals surface area contributed by atoms with Gasteiger partial charge in [0.25, 0.3) is 0 Å². The van der Waals surface area contributed by atoms with Crippen LogP contribution >= 0.6 is 0 Å². The minimum absolute atomic E-state index is 0.393. The molecule has 246 valence electrons. The van der Waals surface area contributed by atoms with Gasteiger partial charge >= 0.3 is 0 Å². The molecule has 0 atom stereocenters. The van der Waals surface area contributed by atoms with Gasteiger partial charge in [0.15, 0.2) is 0 Å². The van der Waals surface area contributed by atoms with E-state index in [1.807, 2.05) is 79.1 Å². The Kier molecular flexibility index (Phi) is 13.3. The lowest BCUT2D eigenvalue weighted by Crippen LogP contribution is -1.96. The zero-order valence-electron chi connectivity index (χ0n) is 29.7. The second-order valence-corrected chi connectivity index (χ2v) is 13.0. The summed E-state index contributed by atoms with van der Waals surface area (Å²) >= 11 is 0. The van der Waals surface area contributed by atoms with E-state index in [9.17, 15) is 0 Å². The van der Waals surface area contributed by atoms with E-state index in [0.717, 1.165) is 39.0 Å². The fourth-order valence-electron chi connectivity index (χ4n) is 4.76. The van der Waals surface area contributed by atoms with Gasteiger partial charge in [-0.3, -0.25) is 9.97 Å². The molecule has 0 N–H and O–H groups in total. The van der Waals surface area contributed by atoms with Gasteiger partial charge < -0.3 is 0 Å². The Bertz CT molecular complexity index is 1800. The van der Waals surface area contributed by atoms with Crippen LogP contribution in [0.15, 0.2) is 128 Å². The zero-order valence-corrected chi connectivity index (χ0v) is 29.7. The smallest absolute Gasteiger partial charge is 0.131 e. The van der Waals surface area contributed by atoms with Crippen molar-refractivity contribution in [3.05, 3.63) is 150 Å². The highest BCUT2D eigenvalue weighted by atomic mass is 14.9. The Morgan fingerprint density at radius 2 is 0.875 bits per heavy atom. The number of benzene rings is 4. The molecule has 0 amide bonds. The summed E-state index contributed by atoms with van der Waals surface area (Å²) in [6.07, 6.45) is 3.74. The molecule has 5 nitrogen and oxygen atoms in total. The van der Waals surface area contributed by atoms with Gasteiger partial charge in [-0.15, -0.1) is 0 Å². The first-order valence-corrected chi connectivity index (χ1v) is 17.0. The van der Waals surface area contributed by atoms with Gasteiger partial charge in [-0.05, 0) is 53.6 Å². The largest absolute Gasteiger partial charge is 0.253 e. The molecular formula is C43H49N5. The van der Waals surface area contributed by atoms with Gasteiger partial charge in [0.05, 0.1) is 27.8 Å². The van der Waals surface area contributed by atoms with Crippen LogP contribution in [-0.2, 0) is 0 Å². The molecule has 0 bridgehead atoms. The number of nitrogens with zero attached hydrogens (tertiary/aromatic N) is 5. The summed E-state index contributed by atoms with van der Waals surface area (Å²) < 4.78 is 0. The minimum Gasteiger partial charge on any atom is -0.253 e. The van der Waals surface area contributed by atoms with Crippen molar-refractivity contribution < 1.29 is 0 Å². The Labute approximate surface area is 286 Å². The van der Waals surface area contributed by atoms with Crippen molar-refractivity contribution in [3.8, 4) is 0 Å². The quantitative estimate of drug-likeness (QED) is 0.192. The van der Waals surface area contributed by atoms with Crippen molar-refractivity contribution >= 4 is 32.8 Å². The number of fused-ring (bicyclic) bond motifs is 3. The standard InChI is InChI=1S/C12H13N.2C11H12N2.C9H12/c1-9(2)11-8-7-10-5-3-4-6-12(10)13-11;1-8(2)11-7-12-9-5-3-4-6-10(9)13-11;1-8(2)11-12-7-9-5-3-4-6-10(9)13-11;1-8(2)9-6-4-3-5-7-9/h3-9H,1-2H3;2*3-8H,1-2H3;3-8H,1-2H3. The van der Waals surface area contributed by atoms with Crippen LogP contribution < -0.4 is 0 Å². The second-order valence-electron chi connectivity index (χ2n) is 13.0. The predicted octanol–water partition coefficient (Wildman–Crippen LogP) is 11.7. The highest BCUT2D eigenvalue weighted by Gasteiger charge is 2.04. The number of hydrogen-bond donors (Lipinski definition) is 0. The first-order valence-electron chi connectivity index (χ1n) is 17.0. The van der Waals surface area contributed by atoms with E-state index in [4.69, 9.17) is 0 Å². The Balaban J connectivity index is 0.000000146. The van der Waals surface area contributed by atoms with Crippen LogP contribution in [0.3, 0.4) is 0 Å². The molecule has 3 heterocycles. The fourth-order valence-corrected chi connectivity index (χ4v) is 4.76. The molecule has 0 fully saturated rings. The molecule has 0 aliphatic carbocycles. The van der Waals surface area contributed by atoms with Crippen molar-refractivity contribution in [3.63, 3.8) is 0 Å². The van der Waals surface area contributed by atoms with Crippen molar-refractivity contribution in [2.45, 2.75) is 79.1 Å². The van der Waals surface area contributed by atoms with E-state index in [-0.39, 0.29) is 0 Å². The average molecular weight is 636 g/mol. The first-order chi connectivity index (χ1) is 23.1. The molecule has 3 aromatic heterocycles. The summed E-state index contributed by atoms with van der Waals surface area (Å²) in [6.45, 7) is 17.2. The van der Waals surface area contributed by atoms with Crippen LogP contribution in [0, 0.1) is 0 Å². The van der Waals surface area contributed by atoms with Gasteiger partial charge in [0, 0.05) is 34.8 Å². The van der Waals surface area contributed by atoms with Crippen LogP contribution in [0.5, 0.6) is 0 Å². The normalized spacial score (nSPS) is 10.8. The molecule has 48 heavy (non-hydrogen) atoms. The summed E-state index contributed by atoms with van der Waals surface area (Å²) in [6, 6.07) is 39.0. The zero-order chi connectivity index (χ0) is 34.5. The van der Waals surface area contributed by atoms with Crippen molar-refractivity contribution in [1.29, 1.82) is 0 Å². The molecule has 0 saturated carbocycles. The van der Waals surface area contributed by atoms with E-state index in [2.05, 4.69) is 129 Å². The number of aromatic nitrogens is 5. The van der Waals surface area contributed by atoms with Gasteiger partial charge in [-0.25, -0.2) is 15.0 Å². The maximum absolute atomic E-state index is 4.57. The van der Waals surface area contributed by atoms with Crippen molar-refractivity contribution in [2.75, 3.05) is 0 Å². The lowest BCUT2D eigenvalue weighted by Gasteiger charge is -2.04. The van der Waals surface area contributed by atoms with E-state index < -0.39 is 0 Å². The number of para-hydroxylation sites is 4. The molecule has 0 saturated heterocycles. The summed E-state index contributed by atoms with van der Waals surface area (Å²) in [5.41, 5.74) is 7.70. The molecular weight excluding hydrogens is 587 g/mol. The van der Waals surface area contributed by atoms with Crippen LogP contribution in [0.1, 0.15) is 102 Å². The van der Waals surface area contributed by atoms with Gasteiger partial charge in [0.1, 0.15) is 5.82 Å². The third-order valence-corrected chi connectivity index (χ3v) is 7.76. The SMILES string of the molecule is CC(C)c1ccc2ccccc2n1.CC(C)c1ccccc1.CC(C)c1cnc2ccccc2n1.CC(C)c1ncc2ccccc2n1. The molecule has 0 aliphatic heterocycles. The summed E-state index contributed by atoms with van der Waals surface area (Å²) in [5.74, 6) is 2.91. The monoisotopic (exact) mass is 635 g/mol. The maximum atomic E-state index is 4.57. The van der Waals surface area contributed by atoms with E-state index in [0.29, 0.717) is 23.7 Å². The molecule has 0 aliphatic rings. The van der Waals surface area contributed by atoms with E-state index in [1.54, 1.807) is 0 Å². The van der Waals surface area contributed by atoms with Crippen molar-refractivity contribution in [1.82, 2.24) is 24.9 Å². The highest BCUT2D eigenvalue weighted by molar-refractivity contribution is 5.78. The minimum atomic E-state index is 0.393. The van der Waals surface area contributed by atoms with Crippen LogP contribution in [0.25, 0.3) is 32.8 Å². The Morgan fingerprint density at radius 3 is 1.46 bits per heavy atom. The summed E-state index contributed by atoms with van der Waals surface area (Å²) in [7, 11) is 0. The van der Waals surface area contributed by atoms with E-state index >= 15 is 0 Å². The Morgan fingerprint density at radius 1 is 0.354 bits per heavy atom. The summed E-state index contributed by atoms with van der Waals surface area (Å²) in [4.78, 5) is 22.2. The third kappa shape index (κ3) is 10.5. The molecule has 0 unspecified atom stereocenters. The topological polar surface area (TPSA) is 64.5 Å². The maximum Gasteiger partial charge on any atom is 0.131 e. The van der Waals surface area contributed by atoms with Crippen molar-refractivity contribution in [2.24, 2.45) is 0 Å². The van der Waals surface area contributed by atoms with Gasteiger partial charge in [-0.2, -0.15) is 0 Å². The lowest BCUT2D eigenvalue weighted by molar-refractivity contribution is 0.783. The highest BCUT2D eigenvalue weighted by Crippen LogP contribution is 2.18. The molecule has 7 rings (SSSR count). The third-order valence-electron chi connectivity index (χ3n) is 7.76. The number of pyridine rings is 1. The lowest BCUT2D eigenvalue weighted by atomic mass is 10.0.